The number of nitrogens with one attached hydrogen (secondary N) is 2. The molecule has 0 aliphatic carbocycles. The van der Waals surface area contributed by atoms with Gasteiger partial charge in [-0.25, -0.2) is 14.2 Å². The van der Waals surface area contributed by atoms with Crippen LogP contribution in [0.3, 0.4) is 0 Å². The molecule has 33 heavy (non-hydrogen) atoms. The Bertz CT molecular complexity index is 1200. The van der Waals surface area contributed by atoms with Crippen molar-refractivity contribution < 1.29 is 22.4 Å². The van der Waals surface area contributed by atoms with Crippen LogP contribution in [0.5, 0.6) is 0 Å². The number of nitrogens with zero attached hydrogens (tertiary/aromatic N) is 3. The Morgan fingerprint density at radius 3 is 2.42 bits per heavy atom. The van der Waals surface area contributed by atoms with Crippen molar-refractivity contribution in [1.29, 1.82) is 5.26 Å². The Morgan fingerprint density at radius 2 is 1.82 bits per heavy atom. The SMILES string of the molecule is CCN(C)c1nccc(-c2ccc(NC(=O)Nc3cc(C(F)(F)F)ccc3F)cc2)c1C#N. The third-order valence-electron chi connectivity index (χ3n) is 4.87. The van der Waals surface area contributed by atoms with Gasteiger partial charge in [-0.15, -0.1) is 0 Å². The zero-order chi connectivity index (χ0) is 24.2. The van der Waals surface area contributed by atoms with Gasteiger partial charge in [0.2, 0.25) is 0 Å². The fourth-order valence-corrected chi connectivity index (χ4v) is 3.06. The van der Waals surface area contributed by atoms with E-state index >= 15 is 0 Å². The summed E-state index contributed by atoms with van der Waals surface area (Å²) in [5.41, 5.74) is 0.408. The van der Waals surface area contributed by atoms with Gasteiger partial charge in [0.25, 0.3) is 0 Å². The summed E-state index contributed by atoms with van der Waals surface area (Å²) in [5.74, 6) is -0.453. The molecule has 0 bridgehead atoms. The molecule has 0 saturated heterocycles. The lowest BCUT2D eigenvalue weighted by atomic mass is 10.0. The molecule has 1 aromatic heterocycles. The number of aromatic nitrogens is 1. The summed E-state index contributed by atoms with van der Waals surface area (Å²) in [6.07, 6.45) is -3.07. The van der Waals surface area contributed by atoms with E-state index in [1.165, 1.54) is 0 Å². The van der Waals surface area contributed by atoms with E-state index < -0.39 is 29.3 Å². The van der Waals surface area contributed by atoms with Crippen molar-refractivity contribution in [3.63, 3.8) is 0 Å². The topological polar surface area (TPSA) is 81.1 Å². The molecule has 0 fully saturated rings. The second-order valence-corrected chi connectivity index (χ2v) is 7.03. The van der Waals surface area contributed by atoms with E-state index in [2.05, 4.69) is 21.7 Å². The highest BCUT2D eigenvalue weighted by Crippen LogP contribution is 2.32. The number of pyridine rings is 1. The summed E-state index contributed by atoms with van der Waals surface area (Å²) >= 11 is 0. The van der Waals surface area contributed by atoms with Crippen molar-refractivity contribution in [1.82, 2.24) is 4.98 Å². The van der Waals surface area contributed by atoms with Crippen LogP contribution < -0.4 is 15.5 Å². The molecule has 3 aromatic rings. The summed E-state index contributed by atoms with van der Waals surface area (Å²) in [6, 6.07) is 11.2. The van der Waals surface area contributed by atoms with Gasteiger partial charge < -0.3 is 15.5 Å². The Morgan fingerprint density at radius 1 is 1.12 bits per heavy atom. The number of hydrogen-bond acceptors (Lipinski definition) is 4. The molecular formula is C23H19F4N5O. The lowest BCUT2D eigenvalue weighted by Gasteiger charge is -2.18. The lowest BCUT2D eigenvalue weighted by molar-refractivity contribution is -0.137. The predicted octanol–water partition coefficient (Wildman–Crippen LogP) is 5.88. The number of nitriles is 1. The van der Waals surface area contributed by atoms with Crippen molar-refractivity contribution in [3.05, 3.63) is 71.7 Å². The Balaban J connectivity index is 1.77. The van der Waals surface area contributed by atoms with Gasteiger partial charge in [-0.1, -0.05) is 12.1 Å². The van der Waals surface area contributed by atoms with Crippen LogP contribution in [-0.2, 0) is 6.18 Å². The van der Waals surface area contributed by atoms with E-state index in [-0.39, 0.29) is 0 Å². The van der Waals surface area contributed by atoms with Gasteiger partial charge in [0.15, 0.2) is 0 Å². The van der Waals surface area contributed by atoms with Crippen molar-refractivity contribution in [2.45, 2.75) is 13.1 Å². The first kappa shape index (κ1) is 23.5. The van der Waals surface area contributed by atoms with Gasteiger partial charge in [0.1, 0.15) is 23.3 Å². The van der Waals surface area contributed by atoms with Crippen molar-refractivity contribution in [3.8, 4) is 17.2 Å². The van der Waals surface area contributed by atoms with Crippen LogP contribution in [0.2, 0.25) is 0 Å². The highest BCUT2D eigenvalue weighted by molar-refractivity contribution is 6.00. The summed E-state index contributed by atoms with van der Waals surface area (Å²) in [5, 5.41) is 14.1. The molecule has 0 spiro atoms. The maximum atomic E-state index is 13.8. The number of hydrogen-bond donors (Lipinski definition) is 2. The smallest absolute Gasteiger partial charge is 0.359 e. The average Bonchev–Trinajstić information content (AvgIpc) is 2.79. The molecule has 0 unspecified atom stereocenters. The Labute approximate surface area is 187 Å². The molecule has 2 amide bonds. The van der Waals surface area contributed by atoms with Gasteiger partial charge in [-0.2, -0.15) is 18.4 Å². The van der Waals surface area contributed by atoms with Gasteiger partial charge in [-0.05, 0) is 48.9 Å². The molecule has 0 saturated carbocycles. The Hall–Kier alpha value is -4.13. The first-order valence-corrected chi connectivity index (χ1v) is 9.79. The molecule has 0 aliphatic rings. The number of carbonyl (C=O) groups is 1. The van der Waals surface area contributed by atoms with Crippen LogP contribution >= 0.6 is 0 Å². The number of carbonyl (C=O) groups excluding carboxylic acids is 1. The zero-order valence-corrected chi connectivity index (χ0v) is 17.7. The number of halogens is 4. The molecule has 0 aliphatic heterocycles. The van der Waals surface area contributed by atoms with E-state index in [1.54, 1.807) is 36.5 Å². The predicted molar refractivity (Wildman–Crippen MR) is 117 cm³/mol. The summed E-state index contributed by atoms with van der Waals surface area (Å²) in [4.78, 5) is 18.3. The maximum Gasteiger partial charge on any atom is 0.416 e. The Kier molecular flexibility index (Phi) is 6.82. The molecule has 2 aromatic carbocycles. The fourth-order valence-electron chi connectivity index (χ4n) is 3.06. The number of rotatable bonds is 5. The van der Waals surface area contributed by atoms with Crippen LogP contribution in [0.25, 0.3) is 11.1 Å². The fraction of sp³-hybridized carbons (Fsp3) is 0.174. The van der Waals surface area contributed by atoms with Gasteiger partial charge in [-0.3, -0.25) is 0 Å². The van der Waals surface area contributed by atoms with Gasteiger partial charge in [0, 0.05) is 31.0 Å². The molecule has 10 heteroatoms. The summed E-state index contributed by atoms with van der Waals surface area (Å²) in [7, 11) is 1.83. The number of benzene rings is 2. The third kappa shape index (κ3) is 5.38. The van der Waals surface area contributed by atoms with Gasteiger partial charge in [0.05, 0.1) is 11.3 Å². The second-order valence-electron chi connectivity index (χ2n) is 7.03. The minimum atomic E-state index is -4.67. The highest BCUT2D eigenvalue weighted by Gasteiger charge is 2.31. The number of amides is 2. The van der Waals surface area contributed by atoms with Crippen molar-refractivity contribution in [2.75, 3.05) is 29.1 Å². The van der Waals surface area contributed by atoms with Crippen LogP contribution in [0, 0.1) is 17.1 Å². The normalized spacial score (nSPS) is 10.9. The van der Waals surface area contributed by atoms with Crippen LogP contribution in [0.4, 0.5) is 39.5 Å². The van der Waals surface area contributed by atoms with Crippen LogP contribution in [0.1, 0.15) is 18.1 Å². The molecule has 3 rings (SSSR count). The van der Waals surface area contributed by atoms with E-state index in [0.29, 0.717) is 52.9 Å². The number of alkyl halides is 3. The molecular weight excluding hydrogens is 438 g/mol. The molecule has 0 atom stereocenters. The van der Waals surface area contributed by atoms with E-state index in [9.17, 15) is 27.6 Å². The molecule has 0 radical (unpaired) electrons. The lowest BCUT2D eigenvalue weighted by Crippen LogP contribution is -2.20. The van der Waals surface area contributed by atoms with Crippen molar-refractivity contribution >= 4 is 23.2 Å². The molecule has 6 nitrogen and oxygen atoms in total. The summed E-state index contributed by atoms with van der Waals surface area (Å²) in [6.45, 7) is 2.60. The van der Waals surface area contributed by atoms with Crippen LogP contribution in [0.15, 0.2) is 54.7 Å². The zero-order valence-electron chi connectivity index (χ0n) is 17.7. The first-order chi connectivity index (χ1) is 15.6. The average molecular weight is 457 g/mol. The van der Waals surface area contributed by atoms with Crippen LogP contribution in [-0.4, -0.2) is 24.6 Å². The third-order valence-corrected chi connectivity index (χ3v) is 4.87. The monoisotopic (exact) mass is 457 g/mol. The van der Waals surface area contributed by atoms with E-state index in [4.69, 9.17) is 0 Å². The highest BCUT2D eigenvalue weighted by atomic mass is 19.4. The summed E-state index contributed by atoms with van der Waals surface area (Å²) < 4.78 is 52.3. The number of urea groups is 1. The molecule has 170 valence electrons. The standard InChI is InChI=1S/C23H19F4N5O/c1-3-32(2)21-18(13-28)17(10-11-29-21)14-4-7-16(8-5-14)30-22(33)31-20-12-15(23(25,26)27)6-9-19(20)24/h4-12H,3H2,1-2H3,(H2,30,31,33). The number of anilines is 3. The van der Waals surface area contributed by atoms with Gasteiger partial charge >= 0.3 is 12.2 Å². The first-order valence-electron chi connectivity index (χ1n) is 9.79. The van der Waals surface area contributed by atoms with E-state index in [0.717, 1.165) is 0 Å². The van der Waals surface area contributed by atoms with E-state index in [1.807, 2.05) is 18.9 Å². The second kappa shape index (κ2) is 9.56. The largest absolute Gasteiger partial charge is 0.416 e. The van der Waals surface area contributed by atoms with Crippen molar-refractivity contribution in [2.24, 2.45) is 0 Å². The minimum absolute atomic E-state index is 0.321. The maximum absolute atomic E-state index is 13.8. The molecule has 1 heterocycles. The molecule has 2 N–H and O–H groups in total. The quantitative estimate of drug-likeness (QED) is 0.469. The minimum Gasteiger partial charge on any atom is -0.359 e.